The van der Waals surface area contributed by atoms with Crippen molar-refractivity contribution in [2.24, 2.45) is 5.92 Å². The molecular weight excluding hydrogens is 780 g/mol. The molecule has 3 aromatic rings. The summed E-state index contributed by atoms with van der Waals surface area (Å²) < 4.78 is 34.5. The number of amides is 4. The van der Waals surface area contributed by atoms with Gasteiger partial charge in [-0.25, -0.2) is 0 Å². The zero-order valence-corrected chi connectivity index (χ0v) is 34.6. The Morgan fingerprint density at radius 2 is 1.49 bits per heavy atom. The molecule has 0 aromatic heterocycles. The fourth-order valence-electron chi connectivity index (χ4n) is 9.83. The van der Waals surface area contributed by atoms with E-state index >= 15 is 8.90 Å². The lowest BCUT2D eigenvalue weighted by atomic mass is 9.82. The second kappa shape index (κ2) is 15.0. The van der Waals surface area contributed by atoms with Crippen molar-refractivity contribution in [2.45, 2.75) is 108 Å². The van der Waals surface area contributed by atoms with Crippen molar-refractivity contribution in [2.75, 3.05) is 21.3 Å². The van der Waals surface area contributed by atoms with Crippen LogP contribution in [0, 0.1) is 5.92 Å². The van der Waals surface area contributed by atoms with E-state index in [0.29, 0.717) is 34.6 Å². The van der Waals surface area contributed by atoms with Gasteiger partial charge in [-0.3, -0.25) is 38.6 Å². The van der Waals surface area contributed by atoms with Crippen molar-refractivity contribution in [3.05, 3.63) is 89.0 Å². The minimum atomic E-state index is -3.72. The molecule has 14 nitrogen and oxygen atoms in total. The molecule has 3 aromatic carbocycles. The number of carbonyl (C=O) groups is 6. The third kappa shape index (κ3) is 6.89. The van der Waals surface area contributed by atoms with Crippen LogP contribution >= 0.6 is 0 Å². The van der Waals surface area contributed by atoms with Gasteiger partial charge in [-0.15, -0.1) is 0 Å². The van der Waals surface area contributed by atoms with E-state index in [1.807, 2.05) is 24.3 Å². The summed E-state index contributed by atoms with van der Waals surface area (Å²) in [6.07, 6.45) is -2.36. The summed E-state index contributed by atoms with van der Waals surface area (Å²) in [5, 5.41) is 10.4. The fraction of sp³-hybridized carbons (Fsp3) is 0.442. The first-order valence-corrected chi connectivity index (χ1v) is 22.8. The lowest BCUT2D eigenvalue weighted by Gasteiger charge is -2.39. The lowest BCUT2D eigenvalue weighted by Crippen LogP contribution is -2.55. The van der Waals surface area contributed by atoms with Gasteiger partial charge in [-0.1, -0.05) is 43.3 Å². The van der Waals surface area contributed by atoms with Crippen molar-refractivity contribution >= 4 is 61.0 Å². The maximum atomic E-state index is 16.8. The van der Waals surface area contributed by atoms with Gasteiger partial charge in [0, 0.05) is 48.8 Å². The number of aliphatic hydroxyl groups is 1. The molecule has 2 unspecified atom stereocenters. The van der Waals surface area contributed by atoms with Crippen LogP contribution in [0.5, 0.6) is 0 Å². The van der Waals surface area contributed by atoms with Crippen LogP contribution in [0.4, 0.5) is 21.2 Å². The molecule has 8 rings (SSSR count). The molecule has 5 aliphatic rings. The Balaban J connectivity index is 1.17. The summed E-state index contributed by atoms with van der Waals surface area (Å²) in [5.41, 5.74) is 1.70. The quantitative estimate of drug-likeness (QED) is 0.132. The fourth-order valence-corrected chi connectivity index (χ4v) is 12.3. The number of halogens is 1. The molecule has 1 N–H and O–H groups in total. The summed E-state index contributed by atoms with van der Waals surface area (Å²) >= 11 is 0. The predicted molar refractivity (Wildman–Crippen MR) is 214 cm³/mol. The van der Waals surface area contributed by atoms with Crippen molar-refractivity contribution in [3.8, 4) is 0 Å². The zero-order valence-electron chi connectivity index (χ0n) is 33.6. The highest BCUT2D eigenvalue weighted by Gasteiger charge is 2.67. The van der Waals surface area contributed by atoms with Crippen LogP contribution < -0.4 is 14.7 Å². The summed E-state index contributed by atoms with van der Waals surface area (Å²) in [7, 11) is -3.72. The van der Waals surface area contributed by atoms with Crippen LogP contribution in [-0.2, 0) is 68.1 Å². The number of benzene rings is 3. The molecule has 0 radical (unpaired) electrons. The van der Waals surface area contributed by atoms with Crippen molar-refractivity contribution in [1.29, 1.82) is 0 Å². The van der Waals surface area contributed by atoms with E-state index in [1.165, 1.54) is 28.5 Å². The highest BCUT2D eigenvalue weighted by molar-refractivity contribution is 6.72. The van der Waals surface area contributed by atoms with E-state index in [1.54, 1.807) is 67.4 Å². The Hall–Kier alpha value is -5.45. The third-order valence-corrected chi connectivity index (χ3v) is 14.9. The summed E-state index contributed by atoms with van der Waals surface area (Å²) in [4.78, 5) is 84.8. The number of anilines is 3. The van der Waals surface area contributed by atoms with E-state index in [-0.39, 0.29) is 56.7 Å². The predicted octanol–water partition coefficient (Wildman–Crippen LogP) is 4.60. The Kier molecular flexibility index (Phi) is 10.2. The molecule has 4 amide bonds. The summed E-state index contributed by atoms with van der Waals surface area (Å²) in [6, 6.07) is 19.2. The van der Waals surface area contributed by atoms with Gasteiger partial charge in [0.2, 0.25) is 26.1 Å². The highest BCUT2D eigenvalue weighted by Crippen LogP contribution is 2.61. The van der Waals surface area contributed by atoms with Crippen molar-refractivity contribution in [1.82, 2.24) is 4.90 Å². The maximum absolute atomic E-state index is 16.8. The first-order chi connectivity index (χ1) is 28.0. The molecule has 59 heavy (non-hydrogen) atoms. The van der Waals surface area contributed by atoms with Crippen LogP contribution in [0.3, 0.4) is 0 Å². The molecule has 16 heteroatoms. The second-order valence-electron chi connectivity index (χ2n) is 16.6. The van der Waals surface area contributed by atoms with Crippen molar-refractivity contribution < 1.29 is 52.2 Å². The highest BCUT2D eigenvalue weighted by atomic mass is 28.4. The van der Waals surface area contributed by atoms with E-state index in [0.717, 1.165) is 11.1 Å². The van der Waals surface area contributed by atoms with Gasteiger partial charge in [0.05, 0.1) is 50.2 Å². The number of esters is 2. The van der Waals surface area contributed by atoms with Gasteiger partial charge in [-0.05, 0) is 66.5 Å². The Bertz CT molecular complexity index is 2270. The largest absolute Gasteiger partial charge is 0.441 e. The molecule has 3 fully saturated rings. The topological polar surface area (TPSA) is 163 Å². The van der Waals surface area contributed by atoms with Crippen LogP contribution in [0.1, 0.15) is 62.3 Å². The molecule has 0 saturated carbocycles. The van der Waals surface area contributed by atoms with Gasteiger partial charge < -0.3 is 33.2 Å². The van der Waals surface area contributed by atoms with Gasteiger partial charge in [0.15, 0.2) is 18.1 Å². The Morgan fingerprint density at radius 1 is 0.864 bits per heavy atom. The molecule has 5 aliphatic heterocycles. The summed E-state index contributed by atoms with van der Waals surface area (Å²) in [6.45, 7) is 7.40. The second-order valence-corrected chi connectivity index (χ2v) is 20.4. The average molecular weight is 827 g/mol. The van der Waals surface area contributed by atoms with E-state index in [9.17, 15) is 29.1 Å². The van der Waals surface area contributed by atoms with Crippen LogP contribution in [0.25, 0.3) is 0 Å². The first kappa shape index (κ1) is 40.3. The van der Waals surface area contributed by atoms with Gasteiger partial charge in [0.1, 0.15) is 0 Å². The van der Waals surface area contributed by atoms with Gasteiger partial charge in [-0.2, -0.15) is 0 Å². The smallest absolute Gasteiger partial charge is 0.304 e. The standard InChI is InChI=1S/C43H47FN4O10Si/c1-24-41(59(4,5)44)35(18-36(52)45-22-29-11-7-6-10-28(29)16-32(45)23-49)58-43(24)33-17-31(48-38(54)20-40(48)57-26(3)51)13-14-34(33)46(42(43)55)21-27-9-8-12-30(15-27)47-37(53)19-39(47)56-25(2)50/h6-15,17,24,32,35,39-41,49H,16,18-23H2,1-5H3/t24-,32+,35+,39?,40?,41-,43+/m1/s1. The molecule has 3 saturated heterocycles. The number of hydrogen-bond donors (Lipinski definition) is 1. The number of carbonyl (C=O) groups excluding carboxylic acids is 6. The molecule has 0 aliphatic carbocycles. The van der Waals surface area contributed by atoms with Crippen molar-refractivity contribution in [3.63, 3.8) is 0 Å². The number of nitrogens with zero attached hydrogens (tertiary/aromatic N) is 4. The molecule has 1 spiro atoms. The Labute approximate surface area is 342 Å². The minimum absolute atomic E-state index is 0.00586. The molecule has 7 atom stereocenters. The van der Waals surface area contributed by atoms with Crippen LogP contribution in [0.15, 0.2) is 66.7 Å². The molecule has 310 valence electrons. The monoisotopic (exact) mass is 826 g/mol. The number of β-lactam (4-membered cyclic amide) rings is 2. The number of fused-ring (bicyclic) bond motifs is 3. The number of hydrogen-bond acceptors (Lipinski definition) is 10. The number of rotatable bonds is 10. The van der Waals surface area contributed by atoms with Crippen LogP contribution in [0.2, 0.25) is 18.6 Å². The number of aliphatic hydroxyl groups excluding tert-OH is 1. The van der Waals surface area contributed by atoms with E-state index in [4.69, 9.17) is 14.2 Å². The van der Waals surface area contributed by atoms with Crippen LogP contribution in [-0.4, -0.2) is 85.2 Å². The minimum Gasteiger partial charge on any atom is -0.441 e. The molecule has 0 bridgehead atoms. The third-order valence-electron chi connectivity index (χ3n) is 12.4. The number of ether oxygens (including phenoxy) is 3. The zero-order chi connectivity index (χ0) is 42.1. The first-order valence-electron chi connectivity index (χ1n) is 19.9. The van der Waals surface area contributed by atoms with Gasteiger partial charge in [0.25, 0.3) is 5.91 Å². The van der Waals surface area contributed by atoms with E-state index < -0.39 is 67.9 Å². The molecule has 5 heterocycles. The molecular formula is C43H47FN4O10Si. The normalized spacial score (nSPS) is 27.3. The maximum Gasteiger partial charge on any atom is 0.304 e. The SMILES string of the molecule is CC(=O)OC1CC(=O)N1c1cccc(CN2C(=O)[C@@]3(O[C@@H](CC(=O)N4Cc5ccccc5C[C@H]4CO)[C@H]([Si](C)(C)F)[C@H]3C)c3cc(N4C(=O)CC4OC(C)=O)ccc32)c1. The van der Waals surface area contributed by atoms with Gasteiger partial charge >= 0.3 is 11.9 Å². The van der Waals surface area contributed by atoms with E-state index in [2.05, 4.69) is 0 Å². The lowest BCUT2D eigenvalue weighted by molar-refractivity contribution is -0.155. The average Bonchev–Trinajstić information content (AvgIpc) is 3.59. The Morgan fingerprint density at radius 3 is 2.08 bits per heavy atom. The summed E-state index contributed by atoms with van der Waals surface area (Å²) in [5.74, 6) is -3.20.